The van der Waals surface area contributed by atoms with E-state index in [9.17, 15) is 9.46 Å². The zero-order valence-electron chi connectivity index (χ0n) is 9.60. The minimum atomic E-state index is -4.19. The van der Waals surface area contributed by atoms with Crippen molar-refractivity contribution < 1.29 is 23.2 Å². The summed E-state index contributed by atoms with van der Waals surface area (Å²) in [5, 5.41) is 0.513. The first-order chi connectivity index (χ1) is 8.55. The average Bonchev–Trinajstić information content (AvgIpc) is 2.32. The van der Waals surface area contributed by atoms with Crippen LogP contribution in [-0.4, -0.2) is 4.89 Å². The van der Waals surface area contributed by atoms with Gasteiger partial charge < -0.3 is 9.05 Å². The first-order valence-electron chi connectivity index (χ1n) is 5.08. The Morgan fingerprint density at radius 1 is 0.895 bits per heavy atom. The third-order valence-electron chi connectivity index (χ3n) is 2.00. The van der Waals surface area contributed by atoms with Crippen molar-refractivity contribution in [2.24, 2.45) is 0 Å². The van der Waals surface area contributed by atoms with Gasteiger partial charge in [0.05, 0.1) is 0 Å². The lowest BCUT2D eigenvalue weighted by atomic mass is 10.3. The van der Waals surface area contributed by atoms with Crippen LogP contribution in [0.2, 0.25) is 5.02 Å². The summed E-state index contributed by atoms with van der Waals surface area (Å²) in [6.45, 7) is 0. The maximum atomic E-state index is 11.7. The standard InChI is InChI=1S/C12H10ClO4P.FH/c13-10-6-8-12(9-7-10)17-18(14,15)16-11-4-2-1-3-5-11;/h1-9H,(H,14,15);1H. The van der Waals surface area contributed by atoms with Gasteiger partial charge in [-0.25, -0.2) is 4.57 Å². The van der Waals surface area contributed by atoms with Gasteiger partial charge in [0.15, 0.2) is 0 Å². The maximum Gasteiger partial charge on any atom is 0.584 e. The van der Waals surface area contributed by atoms with E-state index >= 15 is 0 Å². The number of halogens is 2. The molecule has 0 aliphatic heterocycles. The number of para-hydroxylation sites is 1. The monoisotopic (exact) mass is 304 g/mol. The van der Waals surface area contributed by atoms with Crippen LogP contribution in [-0.2, 0) is 4.57 Å². The molecule has 0 amide bonds. The minimum absolute atomic E-state index is 0. The minimum Gasteiger partial charge on any atom is -0.395 e. The van der Waals surface area contributed by atoms with E-state index in [2.05, 4.69) is 0 Å². The van der Waals surface area contributed by atoms with Gasteiger partial charge in [-0.2, -0.15) is 0 Å². The highest BCUT2D eigenvalue weighted by Gasteiger charge is 2.24. The molecule has 0 radical (unpaired) electrons. The highest BCUT2D eigenvalue weighted by atomic mass is 35.5. The van der Waals surface area contributed by atoms with Gasteiger partial charge in [0.1, 0.15) is 11.5 Å². The predicted molar refractivity (Wildman–Crippen MR) is 71.5 cm³/mol. The van der Waals surface area contributed by atoms with E-state index in [0.717, 1.165) is 0 Å². The van der Waals surface area contributed by atoms with Gasteiger partial charge in [-0.1, -0.05) is 29.8 Å². The Kier molecular flexibility index (Phi) is 5.36. The molecule has 0 aliphatic carbocycles. The quantitative estimate of drug-likeness (QED) is 0.866. The molecule has 102 valence electrons. The summed E-state index contributed by atoms with van der Waals surface area (Å²) in [7, 11) is -4.19. The smallest absolute Gasteiger partial charge is 0.395 e. The van der Waals surface area contributed by atoms with Crippen LogP contribution in [0, 0.1) is 0 Å². The summed E-state index contributed by atoms with van der Waals surface area (Å²) in [4.78, 5) is 9.57. The molecule has 0 spiro atoms. The average molecular weight is 305 g/mol. The largest absolute Gasteiger partial charge is 0.584 e. The number of phosphoric ester groups is 1. The lowest BCUT2D eigenvalue weighted by Gasteiger charge is -2.13. The summed E-state index contributed by atoms with van der Waals surface area (Å²) in [5.74, 6) is 0.471. The lowest BCUT2D eigenvalue weighted by molar-refractivity contribution is 0.291. The summed E-state index contributed by atoms with van der Waals surface area (Å²) in [5.41, 5.74) is 0. The van der Waals surface area contributed by atoms with Crippen molar-refractivity contribution in [1.82, 2.24) is 0 Å². The Hall–Kier alpha value is -1.55. The van der Waals surface area contributed by atoms with Crippen LogP contribution in [0.15, 0.2) is 54.6 Å². The summed E-state index contributed by atoms with van der Waals surface area (Å²) >= 11 is 5.69. The molecule has 1 N–H and O–H groups in total. The Labute approximate surface area is 114 Å². The lowest BCUT2D eigenvalue weighted by Crippen LogP contribution is -1.99. The summed E-state index contributed by atoms with van der Waals surface area (Å²) in [6.07, 6.45) is 0. The summed E-state index contributed by atoms with van der Waals surface area (Å²) in [6, 6.07) is 14.4. The molecule has 2 aromatic rings. The van der Waals surface area contributed by atoms with Crippen molar-refractivity contribution in [1.29, 1.82) is 0 Å². The molecule has 0 saturated carbocycles. The van der Waals surface area contributed by atoms with Crippen LogP contribution in [0.3, 0.4) is 0 Å². The molecular weight excluding hydrogens is 294 g/mol. The Morgan fingerprint density at radius 3 is 1.89 bits per heavy atom. The van der Waals surface area contributed by atoms with E-state index < -0.39 is 7.82 Å². The van der Waals surface area contributed by atoms with Crippen molar-refractivity contribution >= 4 is 19.4 Å². The zero-order valence-corrected chi connectivity index (χ0v) is 11.3. The molecule has 2 aromatic carbocycles. The summed E-state index contributed by atoms with van der Waals surface area (Å²) < 4.78 is 21.5. The number of rotatable bonds is 4. The van der Waals surface area contributed by atoms with E-state index in [1.807, 2.05) is 0 Å². The topological polar surface area (TPSA) is 55.8 Å². The third kappa shape index (κ3) is 4.91. The second kappa shape index (κ2) is 6.57. The molecule has 0 bridgehead atoms. The van der Waals surface area contributed by atoms with Crippen LogP contribution < -0.4 is 9.05 Å². The fraction of sp³-hybridized carbons (Fsp3) is 0. The highest BCUT2D eigenvalue weighted by molar-refractivity contribution is 7.48. The van der Waals surface area contributed by atoms with Gasteiger partial charge in [0.25, 0.3) is 0 Å². The molecule has 1 atom stereocenters. The second-order valence-electron chi connectivity index (χ2n) is 3.42. The van der Waals surface area contributed by atoms with Crippen LogP contribution in [0.25, 0.3) is 0 Å². The normalized spacial score (nSPS) is 12.9. The molecular formula is C12H11ClFO4P. The van der Waals surface area contributed by atoms with E-state index in [1.165, 1.54) is 12.1 Å². The Bertz CT molecular complexity index is 562. The Balaban J connectivity index is 0.00000180. The van der Waals surface area contributed by atoms with E-state index in [-0.39, 0.29) is 16.2 Å². The molecule has 7 heteroatoms. The van der Waals surface area contributed by atoms with E-state index in [4.69, 9.17) is 20.6 Å². The van der Waals surface area contributed by atoms with Crippen molar-refractivity contribution in [2.75, 3.05) is 0 Å². The molecule has 4 nitrogen and oxygen atoms in total. The molecule has 2 rings (SSSR count). The van der Waals surface area contributed by atoms with E-state index in [0.29, 0.717) is 5.02 Å². The van der Waals surface area contributed by atoms with Crippen LogP contribution in [0.1, 0.15) is 0 Å². The fourth-order valence-electron chi connectivity index (χ4n) is 1.26. The van der Waals surface area contributed by atoms with Crippen molar-refractivity contribution in [3.8, 4) is 11.5 Å². The van der Waals surface area contributed by atoms with Gasteiger partial charge in [0.2, 0.25) is 0 Å². The van der Waals surface area contributed by atoms with Crippen molar-refractivity contribution in [2.45, 2.75) is 0 Å². The van der Waals surface area contributed by atoms with Crippen molar-refractivity contribution in [3.63, 3.8) is 0 Å². The number of hydrogen-bond donors (Lipinski definition) is 1. The van der Waals surface area contributed by atoms with Gasteiger partial charge in [-0.05, 0) is 36.4 Å². The molecule has 1 unspecified atom stereocenters. The second-order valence-corrected chi connectivity index (χ2v) is 5.16. The molecule has 0 aromatic heterocycles. The SMILES string of the molecule is F.O=P(O)(Oc1ccccc1)Oc1ccc(Cl)cc1. The number of phosphoric acid groups is 1. The van der Waals surface area contributed by atoms with Crippen LogP contribution in [0.5, 0.6) is 11.5 Å². The van der Waals surface area contributed by atoms with Gasteiger partial charge in [-0.3, -0.25) is 9.60 Å². The first kappa shape index (κ1) is 15.5. The predicted octanol–water partition coefficient (Wildman–Crippen LogP) is 4.05. The molecule has 0 fully saturated rings. The third-order valence-corrected chi connectivity index (χ3v) is 3.13. The van der Waals surface area contributed by atoms with Gasteiger partial charge >= 0.3 is 7.82 Å². The van der Waals surface area contributed by atoms with E-state index in [1.54, 1.807) is 42.5 Å². The maximum absolute atomic E-state index is 11.7. The molecule has 0 aliphatic rings. The number of benzene rings is 2. The fourth-order valence-corrected chi connectivity index (χ4v) is 2.20. The zero-order chi connectivity index (χ0) is 13.0. The van der Waals surface area contributed by atoms with Crippen molar-refractivity contribution in [3.05, 3.63) is 59.6 Å². The first-order valence-corrected chi connectivity index (χ1v) is 6.95. The number of hydrogen-bond acceptors (Lipinski definition) is 3. The molecule has 0 saturated heterocycles. The van der Waals surface area contributed by atoms with Crippen LogP contribution >= 0.6 is 19.4 Å². The highest BCUT2D eigenvalue weighted by Crippen LogP contribution is 2.44. The van der Waals surface area contributed by atoms with Gasteiger partial charge in [0, 0.05) is 5.02 Å². The van der Waals surface area contributed by atoms with Gasteiger partial charge in [-0.15, -0.1) is 0 Å². The van der Waals surface area contributed by atoms with Crippen LogP contribution in [0.4, 0.5) is 4.70 Å². The molecule has 0 heterocycles. The molecule has 19 heavy (non-hydrogen) atoms. The Morgan fingerprint density at radius 2 is 1.37 bits per heavy atom.